The smallest absolute Gasteiger partial charge is 0.191 e. The molecule has 0 bridgehead atoms. The minimum atomic E-state index is 0. The van der Waals surface area contributed by atoms with Crippen molar-refractivity contribution >= 4 is 40.8 Å². The molecule has 2 aromatic carbocycles. The van der Waals surface area contributed by atoms with Crippen LogP contribution in [-0.2, 0) is 13.1 Å². The number of rotatable bonds is 5. The number of para-hydroxylation sites is 1. The molecule has 0 unspecified atom stereocenters. The van der Waals surface area contributed by atoms with Crippen LogP contribution in [0.2, 0.25) is 0 Å². The Morgan fingerprint density at radius 3 is 2.52 bits per heavy atom. The van der Waals surface area contributed by atoms with Gasteiger partial charge in [-0.3, -0.25) is 9.98 Å². The van der Waals surface area contributed by atoms with Crippen LogP contribution in [0.1, 0.15) is 16.7 Å². The van der Waals surface area contributed by atoms with Gasteiger partial charge >= 0.3 is 0 Å². The molecular formula is C21H25IN4O. The second-order valence-corrected chi connectivity index (χ2v) is 6.08. The van der Waals surface area contributed by atoms with Gasteiger partial charge in [0.05, 0.1) is 12.6 Å². The van der Waals surface area contributed by atoms with Crippen LogP contribution in [0.3, 0.4) is 0 Å². The van der Waals surface area contributed by atoms with Crippen LogP contribution in [0.5, 0.6) is 5.75 Å². The molecule has 1 aromatic heterocycles. The van der Waals surface area contributed by atoms with Crippen molar-refractivity contribution in [1.82, 2.24) is 15.6 Å². The first-order valence-electron chi connectivity index (χ1n) is 8.62. The maximum Gasteiger partial charge on any atom is 0.191 e. The third-order valence-electron chi connectivity index (χ3n) is 4.30. The summed E-state index contributed by atoms with van der Waals surface area (Å²) in [6.45, 7) is 3.37. The van der Waals surface area contributed by atoms with Crippen LogP contribution in [0.25, 0.3) is 10.9 Å². The van der Waals surface area contributed by atoms with Gasteiger partial charge in [0, 0.05) is 37.3 Å². The zero-order valence-electron chi connectivity index (χ0n) is 15.8. The first-order valence-corrected chi connectivity index (χ1v) is 8.62. The molecule has 27 heavy (non-hydrogen) atoms. The highest BCUT2D eigenvalue weighted by atomic mass is 127. The zero-order valence-corrected chi connectivity index (χ0v) is 18.2. The Balaban J connectivity index is 0.00000261. The summed E-state index contributed by atoms with van der Waals surface area (Å²) in [7, 11) is 3.46. The van der Waals surface area contributed by atoms with E-state index >= 15 is 0 Å². The average molecular weight is 476 g/mol. The number of fused-ring (bicyclic) bond motifs is 1. The second-order valence-electron chi connectivity index (χ2n) is 6.08. The Morgan fingerprint density at radius 1 is 1.04 bits per heavy atom. The largest absolute Gasteiger partial charge is 0.496 e. The van der Waals surface area contributed by atoms with E-state index in [9.17, 15) is 0 Å². The lowest BCUT2D eigenvalue weighted by atomic mass is 10.1. The van der Waals surface area contributed by atoms with Gasteiger partial charge in [-0.05, 0) is 36.2 Å². The summed E-state index contributed by atoms with van der Waals surface area (Å²) < 4.78 is 5.46. The molecule has 0 radical (unpaired) electrons. The first-order chi connectivity index (χ1) is 12.7. The van der Waals surface area contributed by atoms with Crippen molar-refractivity contribution in [3.63, 3.8) is 0 Å². The van der Waals surface area contributed by atoms with Gasteiger partial charge in [-0.15, -0.1) is 24.0 Å². The lowest BCUT2D eigenvalue weighted by Gasteiger charge is -2.15. The minimum absolute atomic E-state index is 0. The van der Waals surface area contributed by atoms with Crippen molar-refractivity contribution in [3.8, 4) is 5.75 Å². The van der Waals surface area contributed by atoms with Crippen molar-refractivity contribution in [3.05, 3.63) is 71.4 Å². The third kappa shape index (κ3) is 5.32. The van der Waals surface area contributed by atoms with Crippen molar-refractivity contribution < 1.29 is 4.74 Å². The van der Waals surface area contributed by atoms with Crippen LogP contribution in [0, 0.1) is 6.92 Å². The highest BCUT2D eigenvalue weighted by Gasteiger charge is 2.06. The molecule has 0 aliphatic heterocycles. The summed E-state index contributed by atoms with van der Waals surface area (Å²) in [5, 5.41) is 7.86. The quantitative estimate of drug-likeness (QED) is 0.332. The van der Waals surface area contributed by atoms with Gasteiger partial charge < -0.3 is 15.4 Å². The van der Waals surface area contributed by atoms with E-state index in [1.165, 1.54) is 11.1 Å². The van der Waals surface area contributed by atoms with Gasteiger partial charge in [-0.1, -0.05) is 30.3 Å². The number of benzene rings is 2. The molecule has 6 heteroatoms. The van der Waals surface area contributed by atoms with E-state index in [0.717, 1.165) is 28.2 Å². The van der Waals surface area contributed by atoms with Crippen molar-refractivity contribution in [2.45, 2.75) is 20.0 Å². The molecule has 0 aliphatic rings. The number of nitrogens with one attached hydrogen (secondary N) is 2. The van der Waals surface area contributed by atoms with E-state index in [-0.39, 0.29) is 24.0 Å². The SMILES string of the molecule is CN=C(NCc1ccc(C)cc1OC)NCc1ccnc2ccccc12.I. The van der Waals surface area contributed by atoms with Gasteiger partial charge in [0.2, 0.25) is 0 Å². The molecule has 0 amide bonds. The van der Waals surface area contributed by atoms with E-state index < -0.39 is 0 Å². The maximum atomic E-state index is 5.46. The van der Waals surface area contributed by atoms with Crippen LogP contribution in [0.4, 0.5) is 0 Å². The molecule has 1 heterocycles. The molecule has 2 N–H and O–H groups in total. The van der Waals surface area contributed by atoms with E-state index in [1.807, 2.05) is 36.5 Å². The molecule has 0 aliphatic carbocycles. The number of aromatic nitrogens is 1. The third-order valence-corrected chi connectivity index (χ3v) is 4.30. The Bertz CT molecular complexity index is 922. The number of ether oxygens (including phenoxy) is 1. The summed E-state index contributed by atoms with van der Waals surface area (Å²) in [5.41, 5.74) is 4.46. The summed E-state index contributed by atoms with van der Waals surface area (Å²) in [5.74, 6) is 1.63. The van der Waals surface area contributed by atoms with Gasteiger partial charge in [-0.2, -0.15) is 0 Å². The van der Waals surface area contributed by atoms with E-state index in [0.29, 0.717) is 13.1 Å². The van der Waals surface area contributed by atoms with Crippen LogP contribution < -0.4 is 15.4 Å². The average Bonchev–Trinajstić information content (AvgIpc) is 2.68. The second kappa shape index (κ2) is 10.1. The number of pyridine rings is 1. The monoisotopic (exact) mass is 476 g/mol. The van der Waals surface area contributed by atoms with Crippen LogP contribution in [0.15, 0.2) is 59.7 Å². The van der Waals surface area contributed by atoms with Gasteiger partial charge in [-0.25, -0.2) is 0 Å². The number of halogens is 1. The topological polar surface area (TPSA) is 58.5 Å². The summed E-state index contributed by atoms with van der Waals surface area (Å²) in [6, 6.07) is 16.4. The molecular weight excluding hydrogens is 451 g/mol. The van der Waals surface area contributed by atoms with E-state index in [2.05, 4.69) is 45.7 Å². The number of methoxy groups -OCH3 is 1. The van der Waals surface area contributed by atoms with E-state index in [4.69, 9.17) is 4.74 Å². The Hall–Kier alpha value is -2.35. The van der Waals surface area contributed by atoms with Crippen molar-refractivity contribution in [2.75, 3.05) is 14.2 Å². The zero-order chi connectivity index (χ0) is 18.4. The molecule has 0 saturated carbocycles. The Morgan fingerprint density at radius 2 is 1.78 bits per heavy atom. The fourth-order valence-corrected chi connectivity index (χ4v) is 2.89. The fourth-order valence-electron chi connectivity index (χ4n) is 2.89. The lowest BCUT2D eigenvalue weighted by molar-refractivity contribution is 0.408. The van der Waals surface area contributed by atoms with Crippen molar-refractivity contribution in [2.24, 2.45) is 4.99 Å². The lowest BCUT2D eigenvalue weighted by Crippen LogP contribution is -2.36. The number of hydrogen-bond acceptors (Lipinski definition) is 3. The molecule has 0 atom stereocenters. The summed E-state index contributed by atoms with van der Waals surface area (Å²) in [4.78, 5) is 8.71. The number of nitrogens with zero attached hydrogens (tertiary/aromatic N) is 2. The predicted molar refractivity (Wildman–Crippen MR) is 122 cm³/mol. The standard InChI is InChI=1S/C21H24N4O.HI/c1-15-8-9-17(20(12-15)26-3)14-25-21(22-2)24-13-16-10-11-23-19-7-5-4-6-18(16)19;/h4-12H,13-14H2,1-3H3,(H2,22,24,25);1H. The molecule has 142 valence electrons. The number of guanidine groups is 1. The molecule has 3 aromatic rings. The van der Waals surface area contributed by atoms with Crippen LogP contribution >= 0.6 is 24.0 Å². The molecule has 0 fully saturated rings. The molecule has 3 rings (SSSR count). The van der Waals surface area contributed by atoms with Gasteiger partial charge in [0.15, 0.2) is 5.96 Å². The van der Waals surface area contributed by atoms with Gasteiger partial charge in [0.25, 0.3) is 0 Å². The summed E-state index contributed by atoms with van der Waals surface area (Å²) >= 11 is 0. The number of aliphatic imine (C=N–C) groups is 1. The summed E-state index contributed by atoms with van der Waals surface area (Å²) in [6.07, 6.45) is 1.84. The number of hydrogen-bond donors (Lipinski definition) is 2. The fraction of sp³-hybridized carbons (Fsp3) is 0.238. The van der Waals surface area contributed by atoms with E-state index in [1.54, 1.807) is 14.2 Å². The molecule has 0 spiro atoms. The van der Waals surface area contributed by atoms with Crippen molar-refractivity contribution in [1.29, 1.82) is 0 Å². The Kier molecular flexibility index (Phi) is 7.84. The normalized spacial score (nSPS) is 11.0. The first kappa shape index (κ1) is 21.0. The highest BCUT2D eigenvalue weighted by molar-refractivity contribution is 14.0. The molecule has 5 nitrogen and oxygen atoms in total. The Labute approximate surface area is 177 Å². The maximum absolute atomic E-state index is 5.46. The molecule has 0 saturated heterocycles. The minimum Gasteiger partial charge on any atom is -0.496 e. The van der Waals surface area contributed by atoms with Gasteiger partial charge in [0.1, 0.15) is 5.75 Å². The predicted octanol–water partition coefficient (Wildman–Crippen LogP) is 4.04. The number of aryl methyl sites for hydroxylation is 1. The van der Waals surface area contributed by atoms with Crippen LogP contribution in [-0.4, -0.2) is 25.1 Å². The highest BCUT2D eigenvalue weighted by Crippen LogP contribution is 2.19.